The molecule has 1 aromatic rings. The lowest BCUT2D eigenvalue weighted by Crippen LogP contribution is -2.40. The molecular weight excluding hydrogens is 243 g/mol. The quantitative estimate of drug-likeness (QED) is 0.907. The van der Waals surface area contributed by atoms with Gasteiger partial charge in [0, 0.05) is 13.1 Å². The van der Waals surface area contributed by atoms with Crippen molar-refractivity contribution in [1.29, 1.82) is 0 Å². The fourth-order valence-corrected chi connectivity index (χ4v) is 2.61. The SMILES string of the molecule is CNCC1CCN(C(=O)c2cccc(C)c2F)CC1. The van der Waals surface area contributed by atoms with Gasteiger partial charge in [-0.25, -0.2) is 4.39 Å². The van der Waals surface area contributed by atoms with Crippen molar-refractivity contribution >= 4 is 5.91 Å². The van der Waals surface area contributed by atoms with Crippen molar-refractivity contribution in [3.8, 4) is 0 Å². The highest BCUT2D eigenvalue weighted by atomic mass is 19.1. The molecule has 0 saturated carbocycles. The lowest BCUT2D eigenvalue weighted by Gasteiger charge is -2.32. The summed E-state index contributed by atoms with van der Waals surface area (Å²) in [5.41, 5.74) is 0.725. The minimum Gasteiger partial charge on any atom is -0.339 e. The molecule has 0 atom stereocenters. The first kappa shape index (κ1) is 14.0. The second kappa shape index (κ2) is 6.15. The second-order valence-corrected chi connectivity index (χ2v) is 5.23. The summed E-state index contributed by atoms with van der Waals surface area (Å²) >= 11 is 0. The number of hydrogen-bond donors (Lipinski definition) is 1. The van der Waals surface area contributed by atoms with E-state index in [1.165, 1.54) is 0 Å². The van der Waals surface area contributed by atoms with E-state index in [-0.39, 0.29) is 17.3 Å². The Balaban J connectivity index is 2.03. The van der Waals surface area contributed by atoms with Gasteiger partial charge >= 0.3 is 0 Å². The number of amides is 1. The van der Waals surface area contributed by atoms with Crippen LogP contribution in [-0.4, -0.2) is 37.5 Å². The minimum atomic E-state index is -0.384. The van der Waals surface area contributed by atoms with Gasteiger partial charge in [-0.3, -0.25) is 4.79 Å². The lowest BCUT2D eigenvalue weighted by atomic mass is 9.96. The van der Waals surface area contributed by atoms with Crippen molar-refractivity contribution in [2.24, 2.45) is 5.92 Å². The molecule has 1 saturated heterocycles. The maximum atomic E-state index is 13.9. The van der Waals surface area contributed by atoms with Crippen molar-refractivity contribution < 1.29 is 9.18 Å². The molecule has 1 aliphatic rings. The van der Waals surface area contributed by atoms with Gasteiger partial charge in [-0.2, -0.15) is 0 Å². The number of rotatable bonds is 3. The third-order valence-corrected chi connectivity index (χ3v) is 3.82. The average Bonchev–Trinajstić information content (AvgIpc) is 2.42. The second-order valence-electron chi connectivity index (χ2n) is 5.23. The van der Waals surface area contributed by atoms with Crippen molar-refractivity contribution in [2.75, 3.05) is 26.7 Å². The summed E-state index contributed by atoms with van der Waals surface area (Å²) in [5, 5.41) is 3.17. The van der Waals surface area contributed by atoms with E-state index in [0.717, 1.165) is 32.5 Å². The van der Waals surface area contributed by atoms with Gasteiger partial charge in [-0.15, -0.1) is 0 Å². The molecule has 3 nitrogen and oxygen atoms in total. The summed E-state index contributed by atoms with van der Waals surface area (Å²) in [6.45, 7) is 4.11. The zero-order valence-corrected chi connectivity index (χ0v) is 11.6. The van der Waals surface area contributed by atoms with E-state index in [1.807, 2.05) is 7.05 Å². The van der Waals surface area contributed by atoms with Crippen LogP contribution in [-0.2, 0) is 0 Å². The molecule has 104 valence electrons. The Morgan fingerprint density at radius 3 is 2.74 bits per heavy atom. The van der Waals surface area contributed by atoms with Crippen LogP contribution >= 0.6 is 0 Å². The predicted octanol–water partition coefficient (Wildman–Crippen LogP) is 2.21. The molecule has 1 fully saturated rings. The monoisotopic (exact) mass is 264 g/mol. The van der Waals surface area contributed by atoms with Gasteiger partial charge in [0.15, 0.2) is 0 Å². The third-order valence-electron chi connectivity index (χ3n) is 3.82. The molecule has 0 spiro atoms. The summed E-state index contributed by atoms with van der Waals surface area (Å²) in [6.07, 6.45) is 1.97. The molecular formula is C15H21FN2O. The molecule has 19 heavy (non-hydrogen) atoms. The molecule has 1 amide bonds. The number of nitrogens with zero attached hydrogens (tertiary/aromatic N) is 1. The molecule has 0 unspecified atom stereocenters. The van der Waals surface area contributed by atoms with Gasteiger partial charge in [0.05, 0.1) is 5.56 Å². The first-order valence-electron chi connectivity index (χ1n) is 6.82. The van der Waals surface area contributed by atoms with Crippen LogP contribution in [0.25, 0.3) is 0 Å². The van der Waals surface area contributed by atoms with E-state index in [9.17, 15) is 9.18 Å². The number of carbonyl (C=O) groups excluding carboxylic acids is 1. The first-order valence-corrected chi connectivity index (χ1v) is 6.82. The van der Waals surface area contributed by atoms with Crippen LogP contribution in [0, 0.1) is 18.7 Å². The molecule has 2 rings (SSSR count). The van der Waals surface area contributed by atoms with Gasteiger partial charge in [-0.05, 0) is 50.9 Å². The van der Waals surface area contributed by atoms with Gasteiger partial charge in [0.2, 0.25) is 0 Å². The zero-order valence-electron chi connectivity index (χ0n) is 11.6. The lowest BCUT2D eigenvalue weighted by molar-refractivity contribution is 0.0686. The van der Waals surface area contributed by atoms with E-state index >= 15 is 0 Å². The van der Waals surface area contributed by atoms with Crippen molar-refractivity contribution in [3.63, 3.8) is 0 Å². The largest absolute Gasteiger partial charge is 0.339 e. The number of likely N-dealkylation sites (tertiary alicyclic amines) is 1. The minimum absolute atomic E-state index is 0.177. The maximum absolute atomic E-state index is 13.9. The summed E-state index contributed by atoms with van der Waals surface area (Å²) in [4.78, 5) is 14.1. The third kappa shape index (κ3) is 3.13. The molecule has 0 aromatic heterocycles. The van der Waals surface area contributed by atoms with Crippen LogP contribution in [0.2, 0.25) is 0 Å². The maximum Gasteiger partial charge on any atom is 0.256 e. The summed E-state index contributed by atoms with van der Waals surface area (Å²) in [5.74, 6) is 0.0605. The Labute approximate surface area is 113 Å². The normalized spacial score (nSPS) is 16.7. The number of hydrogen-bond acceptors (Lipinski definition) is 2. The highest BCUT2D eigenvalue weighted by Crippen LogP contribution is 2.20. The van der Waals surface area contributed by atoms with E-state index in [1.54, 1.807) is 30.0 Å². The molecule has 0 bridgehead atoms. The predicted molar refractivity (Wildman–Crippen MR) is 73.7 cm³/mol. The molecule has 0 aliphatic carbocycles. The van der Waals surface area contributed by atoms with Crippen molar-refractivity contribution in [1.82, 2.24) is 10.2 Å². The summed E-state index contributed by atoms with van der Waals surface area (Å²) < 4.78 is 13.9. The van der Waals surface area contributed by atoms with Crippen LogP contribution in [0.15, 0.2) is 18.2 Å². The Hall–Kier alpha value is -1.42. The number of benzene rings is 1. The topological polar surface area (TPSA) is 32.3 Å². The van der Waals surface area contributed by atoms with Crippen LogP contribution < -0.4 is 5.32 Å². The van der Waals surface area contributed by atoms with E-state index < -0.39 is 0 Å². The van der Waals surface area contributed by atoms with Crippen LogP contribution in [0.4, 0.5) is 4.39 Å². The Morgan fingerprint density at radius 2 is 2.11 bits per heavy atom. The fourth-order valence-electron chi connectivity index (χ4n) is 2.61. The van der Waals surface area contributed by atoms with E-state index in [0.29, 0.717) is 11.5 Å². The van der Waals surface area contributed by atoms with Crippen LogP contribution in [0.5, 0.6) is 0 Å². The van der Waals surface area contributed by atoms with Gasteiger partial charge in [-0.1, -0.05) is 12.1 Å². The van der Waals surface area contributed by atoms with Gasteiger partial charge in [0.25, 0.3) is 5.91 Å². The van der Waals surface area contributed by atoms with Crippen LogP contribution in [0.3, 0.4) is 0 Å². The highest BCUT2D eigenvalue weighted by Gasteiger charge is 2.25. The zero-order chi connectivity index (χ0) is 13.8. The number of aryl methyl sites for hydroxylation is 1. The Morgan fingerprint density at radius 1 is 1.42 bits per heavy atom. The van der Waals surface area contributed by atoms with E-state index in [2.05, 4.69) is 5.32 Å². The number of piperidine rings is 1. The standard InChI is InChI=1S/C15H21FN2O/c1-11-4-3-5-13(14(11)16)15(19)18-8-6-12(7-9-18)10-17-2/h3-5,12,17H,6-10H2,1-2H3. The molecule has 1 N–H and O–H groups in total. The van der Waals surface area contributed by atoms with Gasteiger partial charge in [0.1, 0.15) is 5.82 Å². The Bertz CT molecular complexity index is 453. The Kier molecular flexibility index (Phi) is 4.53. The number of carbonyl (C=O) groups is 1. The molecule has 1 aromatic carbocycles. The molecule has 0 radical (unpaired) electrons. The van der Waals surface area contributed by atoms with E-state index in [4.69, 9.17) is 0 Å². The first-order chi connectivity index (χ1) is 9.13. The molecule has 4 heteroatoms. The van der Waals surface area contributed by atoms with Gasteiger partial charge < -0.3 is 10.2 Å². The van der Waals surface area contributed by atoms with Crippen molar-refractivity contribution in [3.05, 3.63) is 35.1 Å². The van der Waals surface area contributed by atoms with Crippen molar-refractivity contribution in [2.45, 2.75) is 19.8 Å². The smallest absolute Gasteiger partial charge is 0.256 e. The highest BCUT2D eigenvalue weighted by molar-refractivity contribution is 5.94. The van der Waals surface area contributed by atoms with Crippen LogP contribution in [0.1, 0.15) is 28.8 Å². The number of nitrogens with one attached hydrogen (secondary N) is 1. The molecule has 1 aliphatic heterocycles. The summed E-state index contributed by atoms with van der Waals surface area (Å²) in [6, 6.07) is 5.00. The molecule has 1 heterocycles. The average molecular weight is 264 g/mol. The fraction of sp³-hybridized carbons (Fsp3) is 0.533. The number of halogens is 1. The summed E-state index contributed by atoms with van der Waals surface area (Å²) in [7, 11) is 1.94.